The lowest BCUT2D eigenvalue weighted by molar-refractivity contribution is -0.219. The van der Waals surface area contributed by atoms with Gasteiger partial charge in [-0.1, -0.05) is 45.3 Å². The number of nitrogens with one attached hydrogen (secondary N) is 3. The number of amides is 12. The first-order chi connectivity index (χ1) is 52.7. The summed E-state index contributed by atoms with van der Waals surface area (Å²) >= 11 is 0. The highest BCUT2D eigenvalue weighted by molar-refractivity contribution is 6.01. The molecule has 7 rings (SSSR count). The number of rotatable bonds is 17. The van der Waals surface area contributed by atoms with Crippen LogP contribution >= 0.6 is 0 Å². The first-order valence-corrected chi connectivity index (χ1v) is 39.9. The Bertz CT molecular complexity index is 3310. The molecule has 0 aromatic heterocycles. The molecule has 2 unspecified atom stereocenters. The second kappa shape index (κ2) is 40.7. The maximum Gasteiger partial charge on any atom is 0.397 e. The van der Waals surface area contributed by atoms with Crippen molar-refractivity contribution < 1.29 is 102 Å². The van der Waals surface area contributed by atoms with Crippen molar-refractivity contribution >= 4 is 70.9 Å². The molecule has 0 radical (unpaired) electrons. The summed E-state index contributed by atoms with van der Waals surface area (Å²) in [6.07, 6.45) is -13.5. The van der Waals surface area contributed by atoms with Gasteiger partial charge in [-0.25, -0.2) is 8.78 Å². The number of likely N-dealkylation sites (N-methyl/N-ethyl adjacent to an activating group) is 6. The van der Waals surface area contributed by atoms with Gasteiger partial charge < -0.3 is 69.5 Å². The van der Waals surface area contributed by atoms with E-state index in [0.29, 0.717) is 51.4 Å². The van der Waals surface area contributed by atoms with Crippen molar-refractivity contribution in [1.82, 2.24) is 60.0 Å². The number of halogens is 8. The smallest absolute Gasteiger partial charge is 0.378 e. The van der Waals surface area contributed by atoms with Gasteiger partial charge in [0.25, 0.3) is 0 Å². The molecule has 7 fully saturated rings. The number of allylic oxidation sites excluding steroid dienone is 1. The molecule has 4 aliphatic heterocycles. The molecule has 4 heterocycles. The number of hydrogen-bond acceptors (Lipinski definition) is 14. The number of carbonyl (C=O) groups excluding carboxylic acids is 12. The number of unbranched alkanes of at least 4 members (excludes halogenated alkanes) is 1. The molecule has 26 nitrogen and oxygen atoms in total. The summed E-state index contributed by atoms with van der Waals surface area (Å²) < 4.78 is 127. The molecule has 0 aromatic rings. The molecule has 7 aliphatic rings. The van der Waals surface area contributed by atoms with Crippen molar-refractivity contribution in [2.45, 2.75) is 260 Å². The highest BCUT2D eigenvalue weighted by atomic mass is 19.4. The third-order valence-corrected chi connectivity index (χ3v) is 24.5. The van der Waals surface area contributed by atoms with Gasteiger partial charge in [0.05, 0.1) is 44.7 Å². The van der Waals surface area contributed by atoms with Crippen LogP contribution in [0.15, 0.2) is 25.3 Å². The first-order valence-electron chi connectivity index (χ1n) is 39.9. The maximum atomic E-state index is 15.8. The van der Waals surface area contributed by atoms with Gasteiger partial charge in [-0.2, -0.15) is 26.3 Å². The van der Waals surface area contributed by atoms with E-state index in [1.54, 1.807) is 26.8 Å². The molecule has 2 bridgehead atoms. The number of alkyl halides is 8. The minimum atomic E-state index is -5.23. The number of carbonyl (C=O) groups is 12. The van der Waals surface area contributed by atoms with Crippen LogP contribution in [0.3, 0.4) is 0 Å². The number of fused-ring (bicyclic) bond motifs is 3. The summed E-state index contributed by atoms with van der Waals surface area (Å²) in [5.74, 6) is -17.2. The lowest BCUT2D eigenvalue weighted by atomic mass is 9.76. The Kier molecular flexibility index (Phi) is 33.3. The van der Waals surface area contributed by atoms with Gasteiger partial charge in [-0.3, -0.25) is 57.5 Å². The molecule has 0 aromatic carbocycles. The number of ether oxygens (including phenoxy) is 2. The summed E-state index contributed by atoms with van der Waals surface area (Å²) in [7, 11) is 7.96. The van der Waals surface area contributed by atoms with Crippen LogP contribution in [0.2, 0.25) is 0 Å². The standard InChI is InChI=1S/C78H120F8N12O14/c1-13-17-18-25-56-67(102)88-65(47(5)15-3)73(108)91(8)46-63(101)93(10)57-26-21-22-34-97(72(57)107)60(41-48-27-30-51(31-28-48)77(81,82)83)70(105)90(7)45-61(99)87-55(32-29-49-39-53(79)64(54(80)40-49)78(84,85)86)69(104)98-44-52(112-16-4)42-58(98)68(103)89-76(6,33-14-2)75(110)95(12)66(50-23-19-20-24-50)74(109)94(11)59(43-62(100)92(56)9)71(106)96-35-37-111-38-36-96/h13-14,47-60,64-66H,1-2,15-46H2,3-12H3,(H,87,99)(H,88,102)(H,89,103)/t47-,48?,49?,51?,52+,53?,54?,55-,56-,57-,58-,59-,60-,64?,65-,66-,76+/m0/s1. The zero-order chi connectivity index (χ0) is 83.0. The average molecular weight is 1600 g/mol. The Hall–Kier alpha value is -7.52. The van der Waals surface area contributed by atoms with Gasteiger partial charge in [0.15, 0.2) is 0 Å². The van der Waals surface area contributed by atoms with Crippen LogP contribution in [0.5, 0.6) is 0 Å². The van der Waals surface area contributed by atoms with Crippen LogP contribution in [0, 0.1) is 35.5 Å². The van der Waals surface area contributed by atoms with Crippen molar-refractivity contribution in [3.63, 3.8) is 0 Å². The second-order valence-electron chi connectivity index (χ2n) is 32.3. The zero-order valence-electron chi connectivity index (χ0n) is 66.8. The molecule has 3 N–H and O–H groups in total. The van der Waals surface area contributed by atoms with Crippen LogP contribution in [-0.4, -0.2) is 301 Å². The van der Waals surface area contributed by atoms with Crippen LogP contribution < -0.4 is 16.0 Å². The minimum absolute atomic E-state index is 0.00222. The minimum Gasteiger partial charge on any atom is -0.378 e. The molecule has 34 heteroatoms. The SMILES string of the molecule is C=CCCC[C@H]1C(=O)N[C@@H]([C@@H](C)CC)C(=O)N(C)CC(=O)N(C)[C@H]2CCCCN(C2=O)[C@@H](CC2CCC(C(F)(F)F)CC2)C(=O)N(C)CC(=O)N[C@@H](CCC2CC(F)C(C(F)(F)F)C(F)C2)C(=O)N2C[C@H](OCC)C[C@H]2C(=O)N[C@](C)(CC=C)C(=O)N(C)[C@@H](C2CCCC2)C(=O)N(C)[C@H](C(=O)N2CCOCC2)CC(=O)N1C. The molecular weight excluding hydrogens is 1480 g/mol. The van der Waals surface area contributed by atoms with E-state index in [0.717, 1.165) is 29.4 Å². The van der Waals surface area contributed by atoms with E-state index in [1.165, 1.54) is 70.0 Å². The number of hydrogen-bond donors (Lipinski definition) is 3. The lowest BCUT2D eigenvalue weighted by Gasteiger charge is -2.42. The molecular formula is C78H120F8N12O14. The van der Waals surface area contributed by atoms with Crippen molar-refractivity contribution in [3.05, 3.63) is 25.3 Å². The Morgan fingerprint density at radius 2 is 1.26 bits per heavy atom. The summed E-state index contributed by atoms with van der Waals surface area (Å²) in [4.78, 5) is 193. The Morgan fingerprint density at radius 3 is 1.85 bits per heavy atom. The summed E-state index contributed by atoms with van der Waals surface area (Å²) in [5, 5.41) is 8.32. The van der Waals surface area contributed by atoms with Crippen molar-refractivity contribution in [2.75, 3.05) is 101 Å². The van der Waals surface area contributed by atoms with E-state index >= 15 is 51.9 Å². The highest BCUT2D eigenvalue weighted by Gasteiger charge is 2.55. The van der Waals surface area contributed by atoms with Crippen molar-refractivity contribution in [2.24, 2.45) is 35.5 Å². The maximum absolute atomic E-state index is 15.8. The van der Waals surface area contributed by atoms with E-state index < -0.39 is 230 Å². The molecule has 4 saturated heterocycles. The summed E-state index contributed by atoms with van der Waals surface area (Å²) in [6, 6.07) is -11.6. The van der Waals surface area contributed by atoms with Gasteiger partial charge in [0.2, 0.25) is 70.9 Å². The lowest BCUT2D eigenvalue weighted by Crippen LogP contribution is -2.65. The zero-order valence-corrected chi connectivity index (χ0v) is 66.8. The van der Waals surface area contributed by atoms with Crippen LogP contribution in [0.25, 0.3) is 0 Å². The average Bonchev–Trinajstić information content (AvgIpc) is 1.33. The molecule has 3 aliphatic carbocycles. The number of nitrogens with zero attached hydrogens (tertiary/aromatic N) is 9. The first kappa shape index (κ1) is 91.7. The summed E-state index contributed by atoms with van der Waals surface area (Å²) in [5.41, 5.74) is -1.99. The molecule has 0 spiro atoms. The Balaban J connectivity index is 1.34. The quantitative estimate of drug-likeness (QED) is 0.0778. The largest absolute Gasteiger partial charge is 0.397 e. The van der Waals surface area contributed by atoms with Crippen LogP contribution in [-0.2, 0) is 67.0 Å². The monoisotopic (exact) mass is 1600 g/mol. The molecule has 12 amide bonds. The van der Waals surface area contributed by atoms with Gasteiger partial charge >= 0.3 is 12.4 Å². The van der Waals surface area contributed by atoms with Crippen LogP contribution in [0.4, 0.5) is 35.1 Å². The Labute approximate surface area is 652 Å². The van der Waals surface area contributed by atoms with Crippen LogP contribution in [0.1, 0.15) is 175 Å². The third kappa shape index (κ3) is 22.9. The van der Waals surface area contributed by atoms with E-state index in [1.807, 2.05) is 0 Å². The van der Waals surface area contributed by atoms with Gasteiger partial charge in [0, 0.05) is 81.5 Å². The topological polar surface area (TPSA) is 289 Å². The fraction of sp³-hybridized carbons (Fsp3) is 0.795. The van der Waals surface area contributed by atoms with Gasteiger partial charge in [-0.05, 0) is 153 Å². The normalized spacial score (nSPS) is 32.1. The predicted octanol–water partition coefficient (Wildman–Crippen LogP) is 6.68. The fourth-order valence-electron chi connectivity index (χ4n) is 17.5. The number of morpholine rings is 1. The predicted molar refractivity (Wildman–Crippen MR) is 397 cm³/mol. The van der Waals surface area contributed by atoms with E-state index in [-0.39, 0.29) is 117 Å². The van der Waals surface area contributed by atoms with Crippen molar-refractivity contribution in [1.29, 1.82) is 0 Å². The van der Waals surface area contributed by atoms with E-state index in [4.69, 9.17) is 9.47 Å². The molecule has 13 atom stereocenters. The third-order valence-electron chi connectivity index (χ3n) is 24.5. The second-order valence-corrected chi connectivity index (χ2v) is 32.3. The molecule has 632 valence electrons. The van der Waals surface area contributed by atoms with Crippen molar-refractivity contribution in [3.8, 4) is 0 Å². The van der Waals surface area contributed by atoms with Gasteiger partial charge in [-0.15, -0.1) is 13.2 Å². The van der Waals surface area contributed by atoms with Gasteiger partial charge in [0.1, 0.15) is 72.1 Å². The molecule has 3 saturated carbocycles. The Morgan fingerprint density at radius 1 is 0.634 bits per heavy atom. The fourth-order valence-corrected chi connectivity index (χ4v) is 17.5. The highest BCUT2D eigenvalue weighted by Crippen LogP contribution is 2.45. The summed E-state index contributed by atoms with van der Waals surface area (Å²) in [6.45, 7) is 12.7. The van der Waals surface area contributed by atoms with E-state index in [9.17, 15) is 40.7 Å². The van der Waals surface area contributed by atoms with E-state index in [2.05, 4.69) is 29.1 Å². The molecule has 112 heavy (non-hydrogen) atoms.